The van der Waals surface area contributed by atoms with Crippen molar-refractivity contribution in [2.75, 3.05) is 13.7 Å². The second-order valence-electron chi connectivity index (χ2n) is 5.29. The van der Waals surface area contributed by atoms with E-state index in [9.17, 15) is 9.90 Å². The Morgan fingerprint density at radius 1 is 1.04 bits per heavy atom. The molecule has 1 unspecified atom stereocenters. The van der Waals surface area contributed by atoms with Crippen molar-refractivity contribution in [3.8, 4) is 11.5 Å². The number of para-hydroxylation sites is 2. The van der Waals surface area contributed by atoms with E-state index >= 15 is 0 Å². The number of ether oxygens (including phenoxy) is 2. The van der Waals surface area contributed by atoms with E-state index in [0.717, 1.165) is 24.2 Å². The van der Waals surface area contributed by atoms with E-state index in [1.807, 2.05) is 48.5 Å². The first-order valence-corrected chi connectivity index (χ1v) is 7.76. The zero-order chi connectivity index (χ0) is 16.5. The van der Waals surface area contributed by atoms with Crippen molar-refractivity contribution in [1.29, 1.82) is 0 Å². The molecule has 4 heteroatoms. The Morgan fingerprint density at radius 2 is 1.74 bits per heavy atom. The van der Waals surface area contributed by atoms with Crippen molar-refractivity contribution in [3.05, 3.63) is 60.2 Å². The monoisotopic (exact) mass is 314 g/mol. The van der Waals surface area contributed by atoms with Crippen molar-refractivity contribution >= 4 is 5.97 Å². The molecule has 0 aliphatic rings. The molecule has 0 aliphatic carbocycles. The summed E-state index contributed by atoms with van der Waals surface area (Å²) in [4.78, 5) is 11.6. The van der Waals surface area contributed by atoms with E-state index in [1.54, 1.807) is 13.2 Å². The standard InChI is InChI=1S/C19H22O4/c1-22-18-13-6-5-11-16(18)17(19(20)21)12-7-8-14-23-15-9-3-2-4-10-15/h2-6,9-11,13,17H,7-8,12,14H2,1H3,(H,20,21). The van der Waals surface area contributed by atoms with Gasteiger partial charge in [0.1, 0.15) is 11.5 Å². The van der Waals surface area contributed by atoms with E-state index in [0.29, 0.717) is 18.8 Å². The van der Waals surface area contributed by atoms with Gasteiger partial charge in [-0.15, -0.1) is 0 Å². The van der Waals surface area contributed by atoms with Gasteiger partial charge in [0.05, 0.1) is 19.6 Å². The lowest BCUT2D eigenvalue weighted by Gasteiger charge is -2.16. The van der Waals surface area contributed by atoms with E-state index in [4.69, 9.17) is 9.47 Å². The lowest BCUT2D eigenvalue weighted by atomic mass is 9.93. The molecule has 0 aliphatic heterocycles. The summed E-state index contributed by atoms with van der Waals surface area (Å²) >= 11 is 0. The van der Waals surface area contributed by atoms with Gasteiger partial charge in [0.15, 0.2) is 0 Å². The van der Waals surface area contributed by atoms with Crippen molar-refractivity contribution in [2.24, 2.45) is 0 Å². The van der Waals surface area contributed by atoms with Crippen LogP contribution >= 0.6 is 0 Å². The van der Waals surface area contributed by atoms with Crippen LogP contribution in [0.25, 0.3) is 0 Å². The molecule has 0 spiro atoms. The Morgan fingerprint density at radius 3 is 2.43 bits per heavy atom. The van der Waals surface area contributed by atoms with Gasteiger partial charge >= 0.3 is 5.97 Å². The predicted octanol–water partition coefficient (Wildman–Crippen LogP) is 4.11. The molecule has 0 saturated heterocycles. The Kier molecular flexibility index (Phi) is 6.48. The Labute approximate surface area is 136 Å². The van der Waals surface area contributed by atoms with Crippen LogP contribution in [-0.2, 0) is 4.79 Å². The minimum atomic E-state index is -0.821. The highest BCUT2D eigenvalue weighted by Gasteiger charge is 2.22. The van der Waals surface area contributed by atoms with E-state index in [1.165, 1.54) is 0 Å². The summed E-state index contributed by atoms with van der Waals surface area (Å²) in [5.74, 6) is 0.0915. The molecule has 2 rings (SSSR count). The second-order valence-corrected chi connectivity index (χ2v) is 5.29. The van der Waals surface area contributed by atoms with Crippen molar-refractivity contribution < 1.29 is 19.4 Å². The second kappa shape index (κ2) is 8.83. The molecule has 122 valence electrons. The number of carboxylic acid groups (broad SMARTS) is 1. The number of carbonyl (C=O) groups is 1. The highest BCUT2D eigenvalue weighted by atomic mass is 16.5. The molecule has 0 aromatic heterocycles. The van der Waals surface area contributed by atoms with E-state index in [2.05, 4.69) is 0 Å². The van der Waals surface area contributed by atoms with Crippen LogP contribution in [0.15, 0.2) is 54.6 Å². The predicted molar refractivity (Wildman–Crippen MR) is 89.2 cm³/mol. The number of carboxylic acids is 1. The summed E-state index contributed by atoms with van der Waals surface area (Å²) in [5, 5.41) is 9.49. The lowest BCUT2D eigenvalue weighted by molar-refractivity contribution is -0.139. The summed E-state index contributed by atoms with van der Waals surface area (Å²) in [6, 6.07) is 16.9. The Hall–Kier alpha value is -2.49. The third-order valence-corrected chi connectivity index (χ3v) is 3.71. The van der Waals surface area contributed by atoms with Gasteiger partial charge in [0, 0.05) is 5.56 Å². The zero-order valence-corrected chi connectivity index (χ0v) is 13.3. The average Bonchev–Trinajstić information content (AvgIpc) is 2.58. The molecule has 2 aromatic rings. The topological polar surface area (TPSA) is 55.8 Å². The molecule has 0 amide bonds. The SMILES string of the molecule is COc1ccccc1C(CCCCOc1ccccc1)C(=O)O. The molecule has 1 atom stereocenters. The summed E-state index contributed by atoms with van der Waals surface area (Å²) in [6.07, 6.45) is 2.16. The van der Waals surface area contributed by atoms with Crippen LogP contribution in [0.5, 0.6) is 11.5 Å². The van der Waals surface area contributed by atoms with Crippen LogP contribution in [0.1, 0.15) is 30.7 Å². The zero-order valence-electron chi connectivity index (χ0n) is 13.3. The minimum absolute atomic E-state index is 0.553. The quantitative estimate of drug-likeness (QED) is 0.708. The molecule has 1 N–H and O–H groups in total. The summed E-state index contributed by atoms with van der Waals surface area (Å²) in [5.41, 5.74) is 0.728. The smallest absolute Gasteiger partial charge is 0.311 e. The van der Waals surface area contributed by atoms with Crippen molar-refractivity contribution in [3.63, 3.8) is 0 Å². The third-order valence-electron chi connectivity index (χ3n) is 3.71. The molecule has 0 heterocycles. The normalized spacial score (nSPS) is 11.7. The fourth-order valence-corrected chi connectivity index (χ4v) is 2.52. The van der Waals surface area contributed by atoms with Gasteiger partial charge in [-0.3, -0.25) is 4.79 Å². The number of benzene rings is 2. The van der Waals surface area contributed by atoms with Crippen LogP contribution in [0.4, 0.5) is 0 Å². The van der Waals surface area contributed by atoms with Gasteiger partial charge in [0.2, 0.25) is 0 Å². The maximum atomic E-state index is 11.6. The largest absolute Gasteiger partial charge is 0.496 e. The first kappa shape index (κ1) is 16.9. The molecule has 23 heavy (non-hydrogen) atoms. The number of rotatable bonds is 9. The fraction of sp³-hybridized carbons (Fsp3) is 0.316. The summed E-state index contributed by atoms with van der Waals surface area (Å²) in [7, 11) is 1.56. The van der Waals surface area contributed by atoms with Crippen LogP contribution < -0.4 is 9.47 Å². The van der Waals surface area contributed by atoms with E-state index in [-0.39, 0.29) is 0 Å². The van der Waals surface area contributed by atoms with Gasteiger partial charge in [-0.05, 0) is 37.5 Å². The average molecular weight is 314 g/mol. The molecule has 0 saturated carbocycles. The number of methoxy groups -OCH3 is 1. The van der Waals surface area contributed by atoms with Crippen molar-refractivity contribution in [1.82, 2.24) is 0 Å². The van der Waals surface area contributed by atoms with E-state index < -0.39 is 11.9 Å². The number of hydrogen-bond donors (Lipinski definition) is 1. The van der Waals surface area contributed by atoms with Gasteiger partial charge in [-0.2, -0.15) is 0 Å². The molecule has 0 fully saturated rings. The molecule has 0 bridgehead atoms. The maximum Gasteiger partial charge on any atom is 0.311 e. The number of hydrogen-bond acceptors (Lipinski definition) is 3. The van der Waals surface area contributed by atoms with Crippen LogP contribution in [0, 0.1) is 0 Å². The molecular weight excluding hydrogens is 292 g/mol. The molecule has 4 nitrogen and oxygen atoms in total. The highest BCUT2D eigenvalue weighted by molar-refractivity contribution is 5.77. The number of unbranched alkanes of at least 4 members (excludes halogenated alkanes) is 1. The molecular formula is C19H22O4. The Balaban J connectivity index is 1.85. The number of aliphatic carboxylic acids is 1. The van der Waals surface area contributed by atoms with Gasteiger partial charge in [-0.1, -0.05) is 36.4 Å². The van der Waals surface area contributed by atoms with Crippen LogP contribution in [0.3, 0.4) is 0 Å². The first-order chi connectivity index (χ1) is 11.2. The third kappa shape index (κ3) is 5.02. The lowest BCUT2D eigenvalue weighted by Crippen LogP contribution is -2.13. The van der Waals surface area contributed by atoms with Gasteiger partial charge in [-0.25, -0.2) is 0 Å². The van der Waals surface area contributed by atoms with Crippen LogP contribution in [0.2, 0.25) is 0 Å². The van der Waals surface area contributed by atoms with Crippen molar-refractivity contribution in [2.45, 2.75) is 25.2 Å². The summed E-state index contributed by atoms with van der Waals surface area (Å²) < 4.78 is 10.9. The minimum Gasteiger partial charge on any atom is -0.496 e. The Bertz CT molecular complexity index is 610. The molecule has 2 aromatic carbocycles. The maximum absolute atomic E-state index is 11.6. The highest BCUT2D eigenvalue weighted by Crippen LogP contribution is 2.30. The van der Waals surface area contributed by atoms with Gasteiger partial charge < -0.3 is 14.6 Å². The fourth-order valence-electron chi connectivity index (χ4n) is 2.52. The molecule has 0 radical (unpaired) electrons. The summed E-state index contributed by atoms with van der Waals surface area (Å²) in [6.45, 7) is 0.586. The van der Waals surface area contributed by atoms with Crippen LogP contribution in [-0.4, -0.2) is 24.8 Å². The first-order valence-electron chi connectivity index (χ1n) is 7.76. The van der Waals surface area contributed by atoms with Gasteiger partial charge in [0.25, 0.3) is 0 Å².